The molecule has 23 heavy (non-hydrogen) atoms. The number of nitrogens with zero attached hydrogens (tertiary/aromatic N) is 3. The molecule has 124 valence electrons. The highest BCUT2D eigenvalue weighted by atomic mass is 16.5. The van der Waals surface area contributed by atoms with E-state index in [9.17, 15) is 0 Å². The van der Waals surface area contributed by atoms with Gasteiger partial charge in [0, 0.05) is 20.0 Å². The van der Waals surface area contributed by atoms with Crippen LogP contribution in [0.4, 0.5) is 0 Å². The molecule has 1 aromatic heterocycles. The number of hydrogen-bond acceptors (Lipinski definition) is 5. The second kappa shape index (κ2) is 8.77. The summed E-state index contributed by atoms with van der Waals surface area (Å²) >= 11 is 0. The van der Waals surface area contributed by atoms with Gasteiger partial charge in [-0.15, -0.1) is 0 Å². The Hall–Kier alpha value is -2.57. The Morgan fingerprint density at radius 3 is 2.65 bits per heavy atom. The van der Waals surface area contributed by atoms with Gasteiger partial charge in [0.1, 0.15) is 12.3 Å². The maximum Gasteiger partial charge on any atom is 0.223 e. The van der Waals surface area contributed by atoms with Crippen LogP contribution in [0.2, 0.25) is 0 Å². The van der Waals surface area contributed by atoms with Crippen molar-refractivity contribution in [3.63, 3.8) is 0 Å². The van der Waals surface area contributed by atoms with Gasteiger partial charge >= 0.3 is 0 Å². The van der Waals surface area contributed by atoms with Crippen molar-refractivity contribution in [3.8, 4) is 5.75 Å². The van der Waals surface area contributed by atoms with Crippen LogP contribution >= 0.6 is 0 Å². The molecule has 0 fully saturated rings. The van der Waals surface area contributed by atoms with Gasteiger partial charge in [-0.05, 0) is 31.0 Å². The minimum Gasteiger partial charge on any atom is -0.497 e. The van der Waals surface area contributed by atoms with Crippen molar-refractivity contribution in [1.82, 2.24) is 20.8 Å². The second-order valence-electron chi connectivity index (χ2n) is 4.95. The van der Waals surface area contributed by atoms with E-state index in [0.717, 1.165) is 31.2 Å². The number of guanidine groups is 1. The van der Waals surface area contributed by atoms with E-state index < -0.39 is 0 Å². The molecule has 0 atom stereocenters. The summed E-state index contributed by atoms with van der Waals surface area (Å²) in [4.78, 5) is 8.58. The molecule has 0 spiro atoms. The molecule has 0 bridgehead atoms. The first-order valence-corrected chi connectivity index (χ1v) is 7.65. The molecule has 7 nitrogen and oxygen atoms in total. The zero-order valence-electron chi connectivity index (χ0n) is 13.8. The van der Waals surface area contributed by atoms with Gasteiger partial charge in [-0.25, -0.2) is 4.99 Å². The molecule has 2 N–H and O–H groups in total. The lowest BCUT2D eigenvalue weighted by atomic mass is 10.1. The summed E-state index contributed by atoms with van der Waals surface area (Å²) in [6, 6.07) is 8.06. The number of nitrogens with one attached hydrogen (secondary N) is 2. The molecule has 0 radical (unpaired) electrons. The van der Waals surface area contributed by atoms with Crippen LogP contribution in [0.25, 0.3) is 0 Å². The van der Waals surface area contributed by atoms with E-state index in [4.69, 9.17) is 9.26 Å². The molecule has 7 heteroatoms. The van der Waals surface area contributed by atoms with Crippen LogP contribution in [0.3, 0.4) is 0 Å². The molecule has 2 rings (SSSR count). The van der Waals surface area contributed by atoms with Crippen molar-refractivity contribution in [2.75, 3.05) is 20.2 Å². The molecule has 0 saturated heterocycles. The van der Waals surface area contributed by atoms with Gasteiger partial charge in [-0.3, -0.25) is 0 Å². The molecule has 0 saturated carbocycles. The summed E-state index contributed by atoms with van der Waals surface area (Å²) in [6.45, 7) is 5.75. The fourth-order valence-corrected chi connectivity index (χ4v) is 2.01. The van der Waals surface area contributed by atoms with Crippen molar-refractivity contribution in [2.24, 2.45) is 4.99 Å². The number of rotatable bonds is 7. The Kier molecular flexibility index (Phi) is 6.40. The smallest absolute Gasteiger partial charge is 0.223 e. The average molecular weight is 317 g/mol. The van der Waals surface area contributed by atoms with Crippen molar-refractivity contribution in [1.29, 1.82) is 0 Å². The van der Waals surface area contributed by atoms with Gasteiger partial charge in [0.2, 0.25) is 5.89 Å². The quantitative estimate of drug-likeness (QED) is 0.597. The first-order valence-electron chi connectivity index (χ1n) is 7.65. The van der Waals surface area contributed by atoms with E-state index in [0.29, 0.717) is 18.3 Å². The predicted molar refractivity (Wildman–Crippen MR) is 88.6 cm³/mol. The molecule has 0 aliphatic heterocycles. The number of benzene rings is 1. The summed E-state index contributed by atoms with van der Waals surface area (Å²) in [5, 5.41) is 10.3. The largest absolute Gasteiger partial charge is 0.497 e. The zero-order chi connectivity index (χ0) is 16.5. The number of ether oxygens (including phenoxy) is 1. The number of aliphatic imine (C=N–C) groups is 1. The van der Waals surface area contributed by atoms with Gasteiger partial charge < -0.3 is 19.9 Å². The van der Waals surface area contributed by atoms with E-state index in [1.165, 1.54) is 5.56 Å². The van der Waals surface area contributed by atoms with Crippen LogP contribution in [0, 0.1) is 6.92 Å². The second-order valence-corrected chi connectivity index (χ2v) is 4.95. The third kappa shape index (κ3) is 5.61. The summed E-state index contributed by atoms with van der Waals surface area (Å²) in [6.07, 6.45) is 0.899. The van der Waals surface area contributed by atoms with E-state index in [2.05, 4.69) is 37.9 Å². The molecule has 1 aromatic carbocycles. The summed E-state index contributed by atoms with van der Waals surface area (Å²) in [7, 11) is 1.67. The SMILES string of the molecule is CCNC(=NCc1noc(C)n1)NCCc1ccc(OC)cc1. The highest BCUT2D eigenvalue weighted by Crippen LogP contribution is 2.11. The van der Waals surface area contributed by atoms with Crippen molar-refractivity contribution < 1.29 is 9.26 Å². The summed E-state index contributed by atoms with van der Waals surface area (Å²) in [5.74, 6) is 2.73. The molecule has 1 heterocycles. The Morgan fingerprint density at radius 2 is 2.04 bits per heavy atom. The number of aromatic nitrogens is 2. The van der Waals surface area contributed by atoms with Crippen molar-refractivity contribution >= 4 is 5.96 Å². The molecular formula is C16H23N5O2. The lowest BCUT2D eigenvalue weighted by molar-refractivity contribution is 0.387. The monoisotopic (exact) mass is 317 g/mol. The van der Waals surface area contributed by atoms with Gasteiger partial charge in [-0.2, -0.15) is 4.98 Å². The maximum absolute atomic E-state index is 5.16. The van der Waals surface area contributed by atoms with E-state index in [1.807, 2.05) is 19.1 Å². The number of methoxy groups -OCH3 is 1. The molecule has 2 aromatic rings. The Bertz CT molecular complexity index is 622. The summed E-state index contributed by atoms with van der Waals surface area (Å²) in [5.41, 5.74) is 1.24. The minimum atomic E-state index is 0.384. The van der Waals surface area contributed by atoms with E-state index >= 15 is 0 Å². The molecule has 0 unspecified atom stereocenters. The lowest BCUT2D eigenvalue weighted by Gasteiger charge is -2.11. The Labute approximate surface area is 136 Å². The Morgan fingerprint density at radius 1 is 1.26 bits per heavy atom. The van der Waals surface area contributed by atoms with Crippen LogP contribution in [0.15, 0.2) is 33.8 Å². The Balaban J connectivity index is 1.83. The number of hydrogen-bond donors (Lipinski definition) is 2. The molecule has 0 aliphatic rings. The highest BCUT2D eigenvalue weighted by Gasteiger charge is 2.03. The molecule has 0 aliphatic carbocycles. The standard InChI is InChI=1S/C16H23N5O2/c1-4-17-16(19-11-15-20-12(2)23-21-15)18-10-9-13-5-7-14(22-3)8-6-13/h5-8H,4,9-11H2,1-3H3,(H2,17,18,19). The van der Waals surface area contributed by atoms with Crippen molar-refractivity contribution in [2.45, 2.75) is 26.8 Å². The fourth-order valence-electron chi connectivity index (χ4n) is 2.01. The maximum atomic E-state index is 5.16. The van der Waals surface area contributed by atoms with Crippen LogP contribution in [0.5, 0.6) is 5.75 Å². The molecular weight excluding hydrogens is 294 g/mol. The zero-order valence-corrected chi connectivity index (χ0v) is 13.8. The van der Waals surface area contributed by atoms with Crippen LogP contribution in [-0.4, -0.2) is 36.3 Å². The van der Waals surface area contributed by atoms with Crippen molar-refractivity contribution in [3.05, 3.63) is 41.5 Å². The highest BCUT2D eigenvalue weighted by molar-refractivity contribution is 5.79. The average Bonchev–Trinajstić information content (AvgIpc) is 2.99. The fraction of sp³-hybridized carbons (Fsp3) is 0.438. The van der Waals surface area contributed by atoms with Crippen LogP contribution in [-0.2, 0) is 13.0 Å². The van der Waals surface area contributed by atoms with Gasteiger partial charge in [-0.1, -0.05) is 17.3 Å². The third-order valence-electron chi connectivity index (χ3n) is 3.16. The van der Waals surface area contributed by atoms with E-state index in [-0.39, 0.29) is 0 Å². The number of aryl methyl sites for hydroxylation is 1. The third-order valence-corrected chi connectivity index (χ3v) is 3.16. The van der Waals surface area contributed by atoms with Crippen LogP contribution in [0.1, 0.15) is 24.2 Å². The van der Waals surface area contributed by atoms with Gasteiger partial charge in [0.15, 0.2) is 11.8 Å². The summed E-state index contributed by atoms with van der Waals surface area (Å²) < 4.78 is 10.1. The first kappa shape index (κ1) is 16.8. The minimum absolute atomic E-state index is 0.384. The lowest BCUT2D eigenvalue weighted by Crippen LogP contribution is -2.38. The normalized spacial score (nSPS) is 11.3. The van der Waals surface area contributed by atoms with Gasteiger partial charge in [0.25, 0.3) is 0 Å². The first-order chi connectivity index (χ1) is 11.2. The van der Waals surface area contributed by atoms with Crippen LogP contribution < -0.4 is 15.4 Å². The predicted octanol–water partition coefficient (Wildman–Crippen LogP) is 1.68. The van der Waals surface area contributed by atoms with E-state index in [1.54, 1.807) is 14.0 Å². The molecule has 0 amide bonds. The topological polar surface area (TPSA) is 84.6 Å². The van der Waals surface area contributed by atoms with Gasteiger partial charge in [0.05, 0.1) is 7.11 Å².